The molecular weight excluding hydrogens is 1850 g/mol. The summed E-state index contributed by atoms with van der Waals surface area (Å²) in [5.41, 5.74) is 4.09. The summed E-state index contributed by atoms with van der Waals surface area (Å²) in [4.78, 5) is 67.1. The molecule has 31 heteroatoms. The van der Waals surface area contributed by atoms with Crippen molar-refractivity contribution in [3.05, 3.63) is 265 Å². The Balaban J connectivity index is 0.000000643. The van der Waals surface area contributed by atoms with Crippen molar-refractivity contribution in [1.82, 2.24) is 44.9 Å². The standard InChI is InChI=1S/C11H14N2S.C11H15NO2S.C10H14ClNS.C10H12N2S.C10H13NO2S.C10H15NOS.2C6H3BrN2.C5H5BrNO.C5H4BrN/c1-11(2,3)14-10-5-4-8-13-9(10)6-7-12;1-11(2,3)15-8-6-5-7-12-9(8)10(13)14-4;2*1-10(2,3)13-9-5-4-6-12-8(9)7-11;1-10(2,3)14-7-5-4-6-11-8(7)9(12)13;1-10(2,3)13-9-5-4-6-11-8(9)7-12;1-8-6-3-2-5(7)4-9-6;7-5-2-1-3-9-6(5)4-8;6-5-2-1-3-7(8)4-5;6-5-2-1-3-7-4-5/h4-5,8H,6H2,1-3H3;5-7H,1-4H3;4-6H,7H2,1-3H3;4-6H,1-3H3;4-6H,1-3H3,(H,12,13);4-6,12H,7H2,1-3H3;2-4H;1-3H;1-4,8H;1-4H/q;;;;;;;;+1;. The van der Waals surface area contributed by atoms with E-state index in [4.69, 9.17) is 49.4 Å². The van der Waals surface area contributed by atoms with Gasteiger partial charge >= 0.3 is 11.9 Å². The van der Waals surface area contributed by atoms with Gasteiger partial charge in [-0.2, -0.15) is 15.8 Å². The maximum Gasteiger partial charge on any atom is 0.357 e. The lowest BCUT2D eigenvalue weighted by Crippen LogP contribution is -2.27. The number of methoxy groups -OCH3 is 1. The number of aromatic carboxylic acids is 1. The largest absolute Gasteiger partial charge is 0.476 e. The van der Waals surface area contributed by atoms with Gasteiger partial charge in [0, 0.05) is 129 Å². The van der Waals surface area contributed by atoms with Gasteiger partial charge in [0.05, 0.1) is 62.6 Å². The van der Waals surface area contributed by atoms with E-state index in [1.807, 2.05) is 99.6 Å². The molecule has 0 aromatic carbocycles. The zero-order valence-corrected chi connectivity index (χ0v) is 79.8. The molecule has 0 unspecified atom stereocenters. The van der Waals surface area contributed by atoms with E-state index in [1.54, 1.807) is 169 Å². The molecule has 20 nitrogen and oxygen atoms in total. The summed E-state index contributed by atoms with van der Waals surface area (Å²) in [6, 6.07) is 43.4. The van der Waals surface area contributed by atoms with Gasteiger partial charge < -0.3 is 19.8 Å². The average Bonchev–Trinajstić information content (AvgIpc) is 0.855. The summed E-state index contributed by atoms with van der Waals surface area (Å²) >= 11 is 28.7. The van der Waals surface area contributed by atoms with Crippen LogP contribution >= 0.6 is 146 Å². The minimum atomic E-state index is -0.975. The van der Waals surface area contributed by atoms with Crippen molar-refractivity contribution < 1.29 is 34.5 Å². The number of hydrogen-bond acceptors (Lipinski definition) is 23. The van der Waals surface area contributed by atoms with E-state index in [-0.39, 0.29) is 46.8 Å². The van der Waals surface area contributed by atoms with E-state index in [0.717, 1.165) is 59.3 Å². The number of aromatic nitrogens is 10. The molecule has 10 heterocycles. The average molecular weight is 1950 g/mol. The first-order valence-corrected chi connectivity index (χ1v) is 43.4. The number of carbonyl (C=O) groups is 2. The zero-order valence-electron chi connectivity index (χ0n) is 67.8. The van der Waals surface area contributed by atoms with Crippen molar-refractivity contribution in [1.29, 1.82) is 15.8 Å². The van der Waals surface area contributed by atoms with E-state index in [0.29, 0.717) is 40.1 Å². The Morgan fingerprint density at radius 1 is 0.478 bits per heavy atom. The van der Waals surface area contributed by atoms with Crippen molar-refractivity contribution in [2.75, 3.05) is 7.11 Å². The number of rotatable bonds is 11. The van der Waals surface area contributed by atoms with Crippen LogP contribution in [0.25, 0.3) is 4.85 Å². The van der Waals surface area contributed by atoms with Crippen LogP contribution in [0.15, 0.2) is 243 Å². The number of carboxylic acids is 1. The fourth-order valence-corrected chi connectivity index (χ4v) is 15.3. The molecule has 0 spiro atoms. The van der Waals surface area contributed by atoms with Crippen LogP contribution < -0.4 is 4.73 Å². The number of nitrogens with zero attached hydrogens (tertiary/aromatic N) is 14. The summed E-state index contributed by atoms with van der Waals surface area (Å²) in [5.74, 6) is -0.447. The highest BCUT2D eigenvalue weighted by Crippen LogP contribution is 2.38. The summed E-state index contributed by atoms with van der Waals surface area (Å²) in [5, 5.41) is 52.4. The molecule has 0 bridgehead atoms. The molecule has 0 fully saturated rings. The second-order valence-electron chi connectivity index (χ2n) is 28.7. The molecule has 3 N–H and O–H groups in total. The first kappa shape index (κ1) is 105. The Labute approximate surface area is 743 Å². The number of pyridine rings is 10. The van der Waals surface area contributed by atoms with E-state index in [9.17, 15) is 9.59 Å². The number of halogens is 5. The van der Waals surface area contributed by atoms with E-state index >= 15 is 0 Å². The molecule has 610 valence electrons. The number of hydrogen-bond donors (Lipinski definition) is 3. The van der Waals surface area contributed by atoms with E-state index < -0.39 is 5.97 Å². The highest BCUT2D eigenvalue weighted by molar-refractivity contribution is 9.11. The van der Waals surface area contributed by atoms with Crippen LogP contribution in [0.5, 0.6) is 0 Å². The smallest absolute Gasteiger partial charge is 0.357 e. The molecule has 10 aromatic rings. The zero-order chi connectivity index (χ0) is 87.0. The van der Waals surface area contributed by atoms with Gasteiger partial charge in [0.25, 0.3) is 5.82 Å². The lowest BCUT2D eigenvalue weighted by molar-refractivity contribution is -0.905. The summed E-state index contributed by atoms with van der Waals surface area (Å²) in [6.07, 6.45) is 20.1. The maximum absolute atomic E-state index is 11.4. The Morgan fingerprint density at radius 3 is 1.23 bits per heavy atom. The normalized spacial score (nSPS) is 10.5. The number of nitriles is 3. The summed E-state index contributed by atoms with van der Waals surface area (Å²) in [6.45, 7) is 44.8. The monoisotopic (exact) mass is 1940 g/mol. The molecule has 0 saturated carbocycles. The van der Waals surface area contributed by atoms with Crippen LogP contribution in [0.1, 0.15) is 174 Å². The fraction of sp³-hybridized carbons (Fsp3) is 0.333. The van der Waals surface area contributed by atoms with Crippen LogP contribution in [-0.2, 0) is 23.6 Å². The number of aliphatic hydroxyl groups is 1. The van der Waals surface area contributed by atoms with Crippen molar-refractivity contribution >= 4 is 164 Å². The van der Waals surface area contributed by atoms with Crippen LogP contribution in [0, 0.1) is 40.6 Å². The highest BCUT2D eigenvalue weighted by atomic mass is 79.9. The third-order valence-electron chi connectivity index (χ3n) is 11.6. The number of carbonyl (C=O) groups excluding carboxylic acids is 1. The highest BCUT2D eigenvalue weighted by Gasteiger charge is 2.22. The van der Waals surface area contributed by atoms with Crippen LogP contribution in [0.3, 0.4) is 0 Å². The molecule has 10 aromatic heterocycles. The molecule has 0 radical (unpaired) electrons. The number of ether oxygens (including phenoxy) is 1. The van der Waals surface area contributed by atoms with E-state index in [1.165, 1.54) is 30.0 Å². The molecular formula is C84H98Br4ClN14O6S6+. The lowest BCUT2D eigenvalue weighted by Gasteiger charge is -2.18. The minimum Gasteiger partial charge on any atom is -0.476 e. The molecule has 115 heavy (non-hydrogen) atoms. The van der Waals surface area contributed by atoms with E-state index in [2.05, 4.69) is 240 Å². The second kappa shape index (κ2) is 55.2. The van der Waals surface area contributed by atoms with Gasteiger partial charge in [0.1, 0.15) is 18.3 Å². The Morgan fingerprint density at radius 2 is 0.861 bits per heavy atom. The predicted molar refractivity (Wildman–Crippen MR) is 485 cm³/mol. The molecule has 0 aliphatic heterocycles. The third kappa shape index (κ3) is 51.3. The van der Waals surface area contributed by atoms with Crippen molar-refractivity contribution in [3.8, 4) is 18.2 Å². The SMILES string of the molecule is Brc1cccnc1.CC(C)(C)Sc1cccnc1C#N.CC(C)(C)Sc1cccnc1C(=O)O.CC(C)(C)Sc1cccnc1CC#N.CC(C)(C)Sc1cccnc1CCl.CC(C)(C)Sc1cccnc1CO.COC(=O)c1ncccc1SC(C)(C)C.N#Cc1ncccc1Br.O[n+]1cccc(Br)c1.[C-]#[N+]c1ccc(Br)cn1. The molecule has 0 aliphatic carbocycles. The summed E-state index contributed by atoms with van der Waals surface area (Å²) in [7, 11) is 1.36. The number of aliphatic hydroxyl groups excluding tert-OH is 1. The Kier molecular flexibility index (Phi) is 50.6. The Bertz CT molecular complexity index is 4660. The topological polar surface area (TPSA) is 300 Å². The predicted octanol–water partition coefficient (Wildman–Crippen LogP) is 24.4. The fourth-order valence-electron chi connectivity index (χ4n) is 7.55. The second-order valence-corrected chi connectivity index (χ2v) is 43.8. The van der Waals surface area contributed by atoms with Crippen LogP contribution in [-0.4, -0.2) is 108 Å². The third-order valence-corrected chi connectivity index (χ3v) is 21.0. The maximum atomic E-state index is 11.4. The lowest BCUT2D eigenvalue weighted by atomic mass is 10.2. The number of alkyl halides is 1. The molecule has 0 saturated heterocycles. The number of esters is 1. The van der Waals surface area contributed by atoms with Crippen molar-refractivity contribution in [2.24, 2.45) is 0 Å². The first-order chi connectivity index (χ1) is 53.8. The molecule has 10 rings (SSSR count). The van der Waals surface area contributed by atoms with Crippen LogP contribution in [0.2, 0.25) is 0 Å². The van der Waals surface area contributed by atoms with Gasteiger partial charge in [-0.15, -0.1) is 87.2 Å². The van der Waals surface area contributed by atoms with Gasteiger partial charge in [-0.05, 0) is 173 Å². The van der Waals surface area contributed by atoms with Gasteiger partial charge in [-0.25, -0.2) is 29.5 Å². The van der Waals surface area contributed by atoms with Gasteiger partial charge in [0.15, 0.2) is 22.8 Å². The minimum absolute atomic E-state index is 0.00671. The van der Waals surface area contributed by atoms with Gasteiger partial charge in [-0.1, -0.05) is 137 Å². The molecule has 0 aliphatic rings. The number of thioether (sulfide) groups is 6. The van der Waals surface area contributed by atoms with Crippen LogP contribution in [0.4, 0.5) is 5.82 Å². The first-order valence-electron chi connectivity index (χ1n) is 34.8. The van der Waals surface area contributed by atoms with Gasteiger partial charge in [0.2, 0.25) is 12.4 Å². The van der Waals surface area contributed by atoms with Gasteiger partial charge in [-0.3, -0.25) is 25.1 Å². The quantitative estimate of drug-likeness (QED) is 0.0271. The summed E-state index contributed by atoms with van der Waals surface area (Å²) < 4.78 is 9.89. The Hall–Kier alpha value is -7.53. The van der Waals surface area contributed by atoms with Crippen molar-refractivity contribution in [2.45, 2.75) is 201 Å². The molecule has 0 atom stereocenters. The number of carboxylic acid groups (broad SMARTS) is 1. The molecule has 0 amide bonds. The van der Waals surface area contributed by atoms with Crippen molar-refractivity contribution in [3.63, 3.8) is 0 Å².